The van der Waals surface area contributed by atoms with Crippen molar-refractivity contribution in [3.63, 3.8) is 0 Å². The van der Waals surface area contributed by atoms with Crippen molar-refractivity contribution in [3.05, 3.63) is 106 Å². The summed E-state index contributed by atoms with van der Waals surface area (Å²) in [4.78, 5) is 176. The summed E-state index contributed by atoms with van der Waals surface area (Å²) in [5, 5.41) is 27.5. The molecule has 3 rings (SSSR count). The Kier molecular flexibility index (Phi) is 46.5. The lowest BCUT2D eigenvalue weighted by Crippen LogP contribution is -2.28. The number of ether oxygens (including phenoxy) is 13. The first-order valence-electron chi connectivity index (χ1n) is 29.3. The van der Waals surface area contributed by atoms with Gasteiger partial charge in [-0.25, -0.2) is 33.6 Å². The number of aliphatic hydroxyl groups is 1. The molecule has 0 fully saturated rings. The largest absolute Gasteiger partial charge is 0.511 e. The van der Waals surface area contributed by atoms with Crippen LogP contribution in [-0.2, 0) is 95.8 Å². The molecule has 0 aliphatic carbocycles. The molecule has 0 bridgehead atoms. The van der Waals surface area contributed by atoms with E-state index >= 15 is 0 Å². The van der Waals surface area contributed by atoms with Crippen LogP contribution in [-0.4, -0.2) is 243 Å². The van der Waals surface area contributed by atoms with E-state index in [0.29, 0.717) is 25.5 Å². The van der Waals surface area contributed by atoms with Gasteiger partial charge in [0.1, 0.15) is 46.5 Å². The summed E-state index contributed by atoms with van der Waals surface area (Å²) >= 11 is 0. The number of aliphatic imine (C=N–C) groups is 1. The Morgan fingerprint density at radius 2 is 0.920 bits per heavy atom. The predicted octanol–water partition coefficient (Wildman–Crippen LogP) is 2.98. The van der Waals surface area contributed by atoms with Crippen LogP contribution in [0.15, 0.2) is 61.1 Å². The summed E-state index contributed by atoms with van der Waals surface area (Å²) in [6.45, 7) is 10.3. The van der Waals surface area contributed by atoms with Crippen LogP contribution in [0.3, 0.4) is 0 Å². The minimum atomic E-state index is -1.49. The average Bonchev–Trinajstić information content (AvgIpc) is 0.801. The van der Waals surface area contributed by atoms with Gasteiger partial charge in [-0.15, -0.1) is 0 Å². The second-order valence-corrected chi connectivity index (χ2v) is 19.6. The maximum Gasteiger partial charge on any atom is 0.358 e. The van der Waals surface area contributed by atoms with Gasteiger partial charge in [-0.1, -0.05) is 20.8 Å². The zero-order valence-corrected chi connectivity index (χ0v) is 59.9. The van der Waals surface area contributed by atoms with E-state index in [9.17, 15) is 77.0 Å². The highest BCUT2D eigenvalue weighted by Gasteiger charge is 2.29. The number of hydrogen-bond donors (Lipinski definition) is 3. The second-order valence-electron chi connectivity index (χ2n) is 19.6. The third kappa shape index (κ3) is 30.4. The van der Waals surface area contributed by atoms with Gasteiger partial charge in [-0.2, -0.15) is 0 Å². The van der Waals surface area contributed by atoms with Crippen LogP contribution >= 0.6 is 0 Å². The number of carboxylic acids is 2. The number of carbonyl (C=O) groups is 12. The van der Waals surface area contributed by atoms with Crippen molar-refractivity contribution in [1.82, 2.24) is 18.6 Å². The normalized spacial score (nSPS) is 11.2. The number of esters is 6. The number of ketones is 3. The van der Waals surface area contributed by atoms with Gasteiger partial charge in [0.05, 0.1) is 94.8 Å². The van der Waals surface area contributed by atoms with Gasteiger partial charge < -0.3 is 100 Å². The molecule has 36 nitrogen and oxygen atoms in total. The zero-order valence-electron chi connectivity index (χ0n) is 59.9. The van der Waals surface area contributed by atoms with Crippen molar-refractivity contribution in [2.45, 2.75) is 105 Å². The highest BCUT2D eigenvalue weighted by Crippen LogP contribution is 2.20. The van der Waals surface area contributed by atoms with Crippen molar-refractivity contribution in [2.24, 2.45) is 4.99 Å². The first-order valence-corrected chi connectivity index (χ1v) is 29.3. The molecule has 2 unspecified atom stereocenters. The van der Waals surface area contributed by atoms with Gasteiger partial charge >= 0.3 is 47.8 Å². The standard InChI is InChI=1S/C14H19NO6.C13H17NO7.C11H11NO7.C11H19NO5.C9H15NO3.C6H10O3/c1-8(19-3)6-15-7-10(9(2)16)12(17)13(20-4)11(15)14(18)21-5;1-7(19-2)5-14-6-8(12(16)17)10(15)11(20-3)9(14)13(18)21-4;1-18-9-7(11(17)19-2)12(3-4-13)5-6(8(9)14)10(15)16;1-5-9(13)8(11(14)17-4)6-12-7-10(15-2)16-3;1-5-8(11)7(6-10(2)3)9(12)13-4;1-3-5(7)4-6(8)9-2/h7-8H,6H2,1-5H3;6-7H,5H2,1-4H3,(H,16,17);4-5H,3H2,1-2H3,(H,15,16);6,10,13H,5,7H2,1-4H3;6H,5H2,1-4H3;3-4H2,1-2H3/b;;;;7-6-;. The molecule has 0 aromatic carbocycles. The first-order chi connectivity index (χ1) is 47.0. The first kappa shape index (κ1) is 93.5. The van der Waals surface area contributed by atoms with Crippen LogP contribution in [0.25, 0.3) is 0 Å². The maximum absolute atomic E-state index is 12.2. The molecule has 0 aliphatic heterocycles. The van der Waals surface area contributed by atoms with E-state index in [1.807, 2.05) is 0 Å². The molecule has 0 saturated carbocycles. The van der Waals surface area contributed by atoms with E-state index in [1.165, 1.54) is 106 Å². The van der Waals surface area contributed by atoms with Gasteiger partial charge in [0, 0.05) is 106 Å². The fraction of sp³-hybridized carbons (Fsp3) is 0.500. The number of aliphatic hydroxyl groups excluding tert-OH is 1. The number of hydrogen-bond acceptors (Lipinski definition) is 31. The number of rotatable bonds is 31. The van der Waals surface area contributed by atoms with E-state index in [0.717, 1.165) is 38.3 Å². The molecule has 100 heavy (non-hydrogen) atoms. The third-order valence-corrected chi connectivity index (χ3v) is 12.7. The lowest BCUT2D eigenvalue weighted by atomic mass is 10.1. The minimum Gasteiger partial charge on any atom is -0.511 e. The number of Topliss-reactive ketones (excluding diaryl/α,β-unsaturated/α-hetero) is 3. The Morgan fingerprint density at radius 1 is 0.530 bits per heavy atom. The van der Waals surface area contributed by atoms with Gasteiger partial charge in [0.15, 0.2) is 52.2 Å². The van der Waals surface area contributed by atoms with Crippen LogP contribution < -0.4 is 30.5 Å². The van der Waals surface area contributed by atoms with Crippen molar-refractivity contribution in [1.29, 1.82) is 0 Å². The molecule has 3 aromatic rings. The number of allylic oxidation sites excluding steroid dienone is 1. The highest BCUT2D eigenvalue weighted by atomic mass is 16.7. The lowest BCUT2D eigenvalue weighted by molar-refractivity contribution is -0.143. The molecule has 2 atom stereocenters. The molecule has 3 aromatic heterocycles. The van der Waals surface area contributed by atoms with Gasteiger partial charge in [-0.05, 0) is 20.8 Å². The van der Waals surface area contributed by atoms with Crippen molar-refractivity contribution >= 4 is 77.6 Å². The molecule has 0 spiro atoms. The smallest absolute Gasteiger partial charge is 0.358 e. The average molecular weight is 1430 g/mol. The quantitative estimate of drug-likeness (QED) is 0.00796. The van der Waals surface area contributed by atoms with E-state index in [-0.39, 0.29) is 107 Å². The number of aromatic nitrogens is 3. The molecule has 0 radical (unpaired) electrons. The van der Waals surface area contributed by atoms with Crippen LogP contribution in [0, 0.1) is 0 Å². The number of carboxylic acid groups (broad SMARTS) is 2. The Balaban J connectivity index is -0.00000115. The van der Waals surface area contributed by atoms with Crippen LogP contribution in [0.5, 0.6) is 17.2 Å². The Hall–Kier alpha value is -10.7. The van der Waals surface area contributed by atoms with E-state index in [4.69, 9.17) is 43.4 Å². The van der Waals surface area contributed by atoms with Crippen molar-refractivity contribution in [2.75, 3.05) is 113 Å². The minimum absolute atomic E-state index is 0.0426. The Labute approximate surface area is 575 Å². The maximum atomic E-state index is 12.2. The number of carbonyl (C=O) groups excluding carboxylic acids is 10. The number of methoxy groups -OCH3 is 13. The molecular weight excluding hydrogens is 1330 g/mol. The summed E-state index contributed by atoms with van der Waals surface area (Å²) in [6.07, 6.45) is 6.38. The molecule has 3 N–H and O–H groups in total. The molecular formula is C64H91N5O31. The summed E-state index contributed by atoms with van der Waals surface area (Å²) in [5.41, 5.74) is -4.01. The lowest BCUT2D eigenvalue weighted by Gasteiger charge is -2.19. The number of pyridine rings is 3. The molecule has 36 heteroatoms. The van der Waals surface area contributed by atoms with E-state index in [2.05, 4.69) is 33.4 Å². The molecule has 3 heterocycles. The summed E-state index contributed by atoms with van der Waals surface area (Å²) in [6, 6.07) is 0. The monoisotopic (exact) mass is 1430 g/mol. The number of nitrogens with zero attached hydrogens (tertiary/aromatic N) is 5. The van der Waals surface area contributed by atoms with Gasteiger partial charge in [0.25, 0.3) is 0 Å². The topological polar surface area (TPSA) is 467 Å². The molecule has 558 valence electrons. The van der Waals surface area contributed by atoms with Gasteiger partial charge in [0.2, 0.25) is 16.3 Å². The summed E-state index contributed by atoms with van der Waals surface area (Å²) < 4.78 is 65.6. The fourth-order valence-corrected chi connectivity index (χ4v) is 7.35. The summed E-state index contributed by atoms with van der Waals surface area (Å²) in [5.74, 6) is -8.81. The van der Waals surface area contributed by atoms with Crippen molar-refractivity contribution < 1.29 is 134 Å². The SMILES string of the molecule is CCC(=O)/C(=C/N(C)C)C(=O)OC.CCC(=O)CC(=O)OC.CCC(O)=C(C=NCC(OC)OC)C(=O)OC.COC(=O)c1c(OC)c(=O)c(C(=O)O)cn1CC(C)OC.COC(=O)c1c(OC)c(=O)c(C(=O)O)cn1CC=O.COC(=O)c1c(OC)c(=O)c(C(C)=O)cn1CC(C)OC. The van der Waals surface area contributed by atoms with Crippen LogP contribution in [0.1, 0.15) is 130 Å². The third-order valence-electron chi connectivity index (χ3n) is 12.7. The molecule has 0 saturated heterocycles. The molecule has 0 aliphatic rings. The highest BCUT2D eigenvalue weighted by molar-refractivity contribution is 6.17. The molecule has 0 amide bonds. The fourth-order valence-electron chi connectivity index (χ4n) is 7.35. The van der Waals surface area contributed by atoms with Crippen molar-refractivity contribution in [3.8, 4) is 17.2 Å². The van der Waals surface area contributed by atoms with E-state index < -0.39 is 93.0 Å². The Bertz CT molecular complexity index is 3430. The number of aromatic carboxylic acids is 2. The second kappa shape index (κ2) is 49.7. The Morgan fingerprint density at radius 3 is 1.22 bits per heavy atom. The van der Waals surface area contributed by atoms with E-state index in [1.54, 1.807) is 53.6 Å². The summed E-state index contributed by atoms with van der Waals surface area (Å²) in [7, 11) is 20.2. The van der Waals surface area contributed by atoms with Gasteiger partial charge in [-0.3, -0.25) is 38.6 Å². The predicted molar refractivity (Wildman–Crippen MR) is 353 cm³/mol. The number of aldehydes is 1. The van der Waals surface area contributed by atoms with Crippen LogP contribution in [0.4, 0.5) is 0 Å². The van der Waals surface area contributed by atoms with Crippen LogP contribution in [0.2, 0.25) is 0 Å². The zero-order chi connectivity index (χ0) is 77.9.